The fourth-order valence-electron chi connectivity index (χ4n) is 2.25. The normalized spacial score (nSPS) is 11.5. The molecule has 0 saturated carbocycles. The van der Waals surface area contributed by atoms with Gasteiger partial charge in [0.2, 0.25) is 0 Å². The highest BCUT2D eigenvalue weighted by atomic mass is 32.1. The SMILES string of the molecule is Cc1nc(Cc2cccc(C(F)(F)F)c2)sc1NC(=O)c1ccsc1. The Kier molecular flexibility index (Phi) is 4.91. The van der Waals surface area contributed by atoms with E-state index in [4.69, 9.17) is 0 Å². The number of thiophene rings is 1. The highest BCUT2D eigenvalue weighted by molar-refractivity contribution is 7.16. The summed E-state index contributed by atoms with van der Waals surface area (Å²) in [7, 11) is 0. The molecule has 0 spiro atoms. The van der Waals surface area contributed by atoms with Gasteiger partial charge in [-0.05, 0) is 30.0 Å². The second-order valence-electron chi connectivity index (χ2n) is 5.36. The molecule has 0 fully saturated rings. The van der Waals surface area contributed by atoms with Crippen molar-refractivity contribution in [2.75, 3.05) is 5.32 Å². The first-order valence-electron chi connectivity index (χ1n) is 7.29. The lowest BCUT2D eigenvalue weighted by atomic mass is 10.1. The molecule has 3 aromatic rings. The van der Waals surface area contributed by atoms with Crippen molar-refractivity contribution < 1.29 is 18.0 Å². The van der Waals surface area contributed by atoms with Gasteiger partial charge in [0.25, 0.3) is 5.91 Å². The molecule has 25 heavy (non-hydrogen) atoms. The van der Waals surface area contributed by atoms with Gasteiger partial charge in [-0.3, -0.25) is 4.79 Å². The zero-order valence-corrected chi connectivity index (χ0v) is 14.7. The first kappa shape index (κ1) is 17.6. The van der Waals surface area contributed by atoms with Crippen molar-refractivity contribution >= 4 is 33.6 Å². The second-order valence-corrected chi connectivity index (χ2v) is 7.23. The van der Waals surface area contributed by atoms with Gasteiger partial charge in [-0.2, -0.15) is 24.5 Å². The summed E-state index contributed by atoms with van der Waals surface area (Å²) >= 11 is 2.70. The zero-order valence-electron chi connectivity index (χ0n) is 13.1. The van der Waals surface area contributed by atoms with E-state index < -0.39 is 11.7 Å². The topological polar surface area (TPSA) is 42.0 Å². The second kappa shape index (κ2) is 6.97. The predicted octanol–water partition coefficient (Wildman–Crippen LogP) is 5.37. The van der Waals surface area contributed by atoms with Crippen LogP contribution in [0, 0.1) is 6.92 Å². The first-order valence-corrected chi connectivity index (χ1v) is 9.05. The van der Waals surface area contributed by atoms with E-state index in [1.807, 2.05) is 5.38 Å². The van der Waals surface area contributed by atoms with Gasteiger partial charge in [0, 0.05) is 11.8 Å². The Hall–Kier alpha value is -2.19. The van der Waals surface area contributed by atoms with Crippen LogP contribution in [0.5, 0.6) is 0 Å². The summed E-state index contributed by atoms with van der Waals surface area (Å²) in [5, 5.41) is 7.62. The molecule has 0 saturated heterocycles. The number of carbonyl (C=O) groups is 1. The number of aryl methyl sites for hydroxylation is 1. The van der Waals surface area contributed by atoms with Crippen molar-refractivity contribution in [3.63, 3.8) is 0 Å². The van der Waals surface area contributed by atoms with Crippen molar-refractivity contribution in [1.82, 2.24) is 4.98 Å². The lowest BCUT2D eigenvalue weighted by molar-refractivity contribution is -0.137. The van der Waals surface area contributed by atoms with Crippen molar-refractivity contribution in [1.29, 1.82) is 0 Å². The van der Waals surface area contributed by atoms with Gasteiger partial charge in [-0.1, -0.05) is 18.2 Å². The summed E-state index contributed by atoms with van der Waals surface area (Å²) in [5.41, 5.74) is 1.07. The monoisotopic (exact) mass is 382 g/mol. The fraction of sp³-hybridized carbons (Fsp3) is 0.176. The number of anilines is 1. The lowest BCUT2D eigenvalue weighted by Gasteiger charge is -2.07. The molecule has 0 bridgehead atoms. The molecule has 1 N–H and O–H groups in total. The van der Waals surface area contributed by atoms with Gasteiger partial charge in [-0.25, -0.2) is 4.98 Å². The van der Waals surface area contributed by atoms with E-state index in [2.05, 4.69) is 10.3 Å². The third-order valence-corrected chi connectivity index (χ3v) is 5.22. The quantitative estimate of drug-likeness (QED) is 0.659. The van der Waals surface area contributed by atoms with Gasteiger partial charge in [0.05, 0.1) is 21.8 Å². The summed E-state index contributed by atoms with van der Waals surface area (Å²) < 4.78 is 38.4. The molecule has 0 unspecified atom stereocenters. The third kappa shape index (κ3) is 4.26. The number of nitrogens with one attached hydrogen (secondary N) is 1. The minimum atomic E-state index is -4.37. The molecule has 3 rings (SSSR count). The number of alkyl halides is 3. The number of benzene rings is 1. The number of rotatable bonds is 4. The van der Waals surface area contributed by atoms with Crippen LogP contribution in [0.4, 0.5) is 18.2 Å². The average Bonchev–Trinajstić information content (AvgIpc) is 3.17. The van der Waals surface area contributed by atoms with E-state index in [1.165, 1.54) is 28.7 Å². The molecule has 0 atom stereocenters. The van der Waals surface area contributed by atoms with E-state index in [-0.39, 0.29) is 12.3 Å². The Bertz CT molecular complexity index is 886. The van der Waals surface area contributed by atoms with Crippen LogP contribution in [0.2, 0.25) is 0 Å². The highest BCUT2D eigenvalue weighted by Crippen LogP contribution is 2.31. The van der Waals surface area contributed by atoms with Crippen molar-refractivity contribution in [3.05, 3.63) is 68.5 Å². The average molecular weight is 382 g/mol. The van der Waals surface area contributed by atoms with Gasteiger partial charge in [0.1, 0.15) is 5.00 Å². The minimum absolute atomic E-state index is 0.224. The molecule has 2 aromatic heterocycles. The number of carbonyl (C=O) groups excluding carboxylic acids is 1. The molecule has 130 valence electrons. The maximum atomic E-state index is 12.8. The molecule has 0 aliphatic heterocycles. The standard InChI is InChI=1S/C17H13F3N2OS2/c1-10-16(22-15(23)12-5-6-24-9-12)25-14(21-10)8-11-3-2-4-13(7-11)17(18,19)20/h2-7,9H,8H2,1H3,(H,22,23). The third-order valence-electron chi connectivity index (χ3n) is 3.46. The van der Waals surface area contributed by atoms with Gasteiger partial charge >= 0.3 is 6.18 Å². The number of halogens is 3. The maximum absolute atomic E-state index is 12.8. The van der Waals surface area contributed by atoms with E-state index >= 15 is 0 Å². The van der Waals surface area contributed by atoms with Crippen LogP contribution in [0.15, 0.2) is 41.1 Å². The Labute approximate surface area is 150 Å². The van der Waals surface area contributed by atoms with E-state index in [0.717, 1.165) is 12.1 Å². The smallest absolute Gasteiger partial charge is 0.312 e. The van der Waals surface area contributed by atoms with Gasteiger partial charge < -0.3 is 5.32 Å². The molecule has 0 aliphatic rings. The molecule has 3 nitrogen and oxygen atoms in total. The van der Waals surface area contributed by atoms with E-state index in [0.29, 0.717) is 26.8 Å². The molecular formula is C17H13F3N2OS2. The van der Waals surface area contributed by atoms with Gasteiger partial charge in [-0.15, -0.1) is 11.3 Å². The Morgan fingerprint density at radius 2 is 2.08 bits per heavy atom. The Morgan fingerprint density at radius 1 is 1.28 bits per heavy atom. The minimum Gasteiger partial charge on any atom is -0.312 e. The molecule has 8 heteroatoms. The van der Waals surface area contributed by atoms with Crippen LogP contribution in [-0.4, -0.2) is 10.9 Å². The maximum Gasteiger partial charge on any atom is 0.416 e. The number of hydrogen-bond acceptors (Lipinski definition) is 4. The number of hydrogen-bond donors (Lipinski definition) is 1. The highest BCUT2D eigenvalue weighted by Gasteiger charge is 2.30. The number of thiazole rings is 1. The summed E-state index contributed by atoms with van der Waals surface area (Å²) in [6, 6.07) is 6.91. The lowest BCUT2D eigenvalue weighted by Crippen LogP contribution is -2.10. The molecular weight excluding hydrogens is 369 g/mol. The van der Waals surface area contributed by atoms with Crippen molar-refractivity contribution in [2.45, 2.75) is 19.5 Å². The van der Waals surface area contributed by atoms with Crippen LogP contribution in [0.3, 0.4) is 0 Å². The number of nitrogens with zero attached hydrogens (tertiary/aromatic N) is 1. The summed E-state index contributed by atoms with van der Waals surface area (Å²) in [4.78, 5) is 16.5. The molecule has 1 aromatic carbocycles. The summed E-state index contributed by atoms with van der Waals surface area (Å²) in [6.45, 7) is 1.76. The molecule has 0 radical (unpaired) electrons. The fourth-order valence-corrected chi connectivity index (χ4v) is 3.88. The van der Waals surface area contributed by atoms with Gasteiger partial charge in [0.15, 0.2) is 0 Å². The molecule has 1 amide bonds. The molecule has 0 aliphatic carbocycles. The van der Waals surface area contributed by atoms with E-state index in [1.54, 1.807) is 24.4 Å². The Balaban J connectivity index is 1.76. The largest absolute Gasteiger partial charge is 0.416 e. The first-order chi connectivity index (χ1) is 11.8. The van der Waals surface area contributed by atoms with Crippen molar-refractivity contribution in [3.8, 4) is 0 Å². The van der Waals surface area contributed by atoms with Crippen LogP contribution in [-0.2, 0) is 12.6 Å². The van der Waals surface area contributed by atoms with Crippen LogP contribution in [0.1, 0.15) is 32.2 Å². The summed E-state index contributed by atoms with van der Waals surface area (Å²) in [5.74, 6) is -0.224. The molecule has 2 heterocycles. The van der Waals surface area contributed by atoms with E-state index in [9.17, 15) is 18.0 Å². The number of amides is 1. The van der Waals surface area contributed by atoms with Crippen molar-refractivity contribution in [2.24, 2.45) is 0 Å². The Morgan fingerprint density at radius 3 is 2.76 bits per heavy atom. The summed E-state index contributed by atoms with van der Waals surface area (Å²) in [6.07, 6.45) is -4.09. The zero-order chi connectivity index (χ0) is 18.0. The number of aromatic nitrogens is 1. The van der Waals surface area contributed by atoms with Crippen LogP contribution in [0.25, 0.3) is 0 Å². The van der Waals surface area contributed by atoms with Crippen LogP contribution >= 0.6 is 22.7 Å². The predicted molar refractivity (Wildman–Crippen MR) is 93.4 cm³/mol. The van der Waals surface area contributed by atoms with Crippen LogP contribution < -0.4 is 5.32 Å².